The minimum atomic E-state index is -0.354. The van der Waals surface area contributed by atoms with Crippen LogP contribution in [0.2, 0.25) is 0 Å². The van der Waals surface area contributed by atoms with Crippen LogP contribution in [0.5, 0.6) is 0 Å². The summed E-state index contributed by atoms with van der Waals surface area (Å²) < 4.78 is 0.889. The highest BCUT2D eigenvalue weighted by Gasteiger charge is 2.22. The first-order valence-electron chi connectivity index (χ1n) is 8.45. The number of para-hydroxylation sites is 1. The van der Waals surface area contributed by atoms with Crippen LogP contribution in [0.3, 0.4) is 0 Å². The van der Waals surface area contributed by atoms with E-state index in [9.17, 15) is 10.1 Å². The van der Waals surface area contributed by atoms with E-state index in [2.05, 4.69) is 20.6 Å². The molecule has 9 heteroatoms. The van der Waals surface area contributed by atoms with Gasteiger partial charge in [0.15, 0.2) is 0 Å². The first kappa shape index (κ1) is 17.7. The first-order valence-corrected chi connectivity index (χ1v) is 10.1. The molecule has 0 amide bonds. The highest BCUT2D eigenvalue weighted by atomic mass is 32.2. The summed E-state index contributed by atoms with van der Waals surface area (Å²) in [6.07, 6.45) is 2.79. The topological polar surface area (TPSA) is 93.0 Å². The fourth-order valence-electron chi connectivity index (χ4n) is 2.95. The Morgan fingerprint density at radius 1 is 1.33 bits per heavy atom. The number of hydrogen-bond acceptors (Lipinski definition) is 8. The molecular formula is C18H17N5O2S2. The van der Waals surface area contributed by atoms with Gasteiger partial charge in [-0.1, -0.05) is 35.2 Å². The van der Waals surface area contributed by atoms with Crippen molar-refractivity contribution in [3.63, 3.8) is 0 Å². The van der Waals surface area contributed by atoms with Gasteiger partial charge in [0.1, 0.15) is 11.6 Å². The van der Waals surface area contributed by atoms with Crippen molar-refractivity contribution in [2.24, 2.45) is 0 Å². The third-order valence-corrected chi connectivity index (χ3v) is 6.46. The van der Waals surface area contributed by atoms with Gasteiger partial charge in [0, 0.05) is 35.0 Å². The quantitative estimate of drug-likeness (QED) is 0.467. The molecule has 2 N–H and O–H groups in total. The van der Waals surface area contributed by atoms with Gasteiger partial charge in [-0.2, -0.15) is 0 Å². The molecule has 1 atom stereocenters. The summed E-state index contributed by atoms with van der Waals surface area (Å²) >= 11 is 2.72. The predicted molar refractivity (Wildman–Crippen MR) is 108 cm³/mol. The Bertz CT molecular complexity index is 991. The zero-order valence-corrected chi connectivity index (χ0v) is 16.1. The van der Waals surface area contributed by atoms with Crippen LogP contribution >= 0.6 is 23.1 Å². The van der Waals surface area contributed by atoms with Gasteiger partial charge in [0.2, 0.25) is 0 Å². The molecule has 1 aromatic carbocycles. The molecule has 0 radical (unpaired) electrons. The third kappa shape index (κ3) is 3.88. The summed E-state index contributed by atoms with van der Waals surface area (Å²) in [5, 5.41) is 18.0. The molecule has 2 aromatic heterocycles. The first-order chi connectivity index (χ1) is 13.1. The number of hydrogen-bond donors (Lipinski definition) is 2. The molecule has 4 rings (SSSR count). The normalized spacial score (nSPS) is 15.7. The number of aromatic nitrogens is 2. The van der Waals surface area contributed by atoms with Gasteiger partial charge in [0.05, 0.1) is 15.2 Å². The molecule has 1 aliphatic rings. The van der Waals surface area contributed by atoms with Crippen molar-refractivity contribution < 1.29 is 4.92 Å². The maximum Gasteiger partial charge on any atom is 0.325 e. The highest BCUT2D eigenvalue weighted by Crippen LogP contribution is 2.41. The van der Waals surface area contributed by atoms with Crippen LogP contribution in [0, 0.1) is 17.0 Å². The maximum absolute atomic E-state index is 10.9. The molecule has 0 bridgehead atoms. The van der Waals surface area contributed by atoms with Crippen LogP contribution in [0.15, 0.2) is 51.7 Å². The Balaban J connectivity index is 1.58. The molecule has 1 aliphatic heterocycles. The van der Waals surface area contributed by atoms with E-state index in [1.807, 2.05) is 37.4 Å². The summed E-state index contributed by atoms with van der Waals surface area (Å²) in [7, 11) is 0. The van der Waals surface area contributed by atoms with Crippen molar-refractivity contribution in [1.82, 2.24) is 9.97 Å². The van der Waals surface area contributed by atoms with Crippen molar-refractivity contribution in [3.05, 3.63) is 64.1 Å². The predicted octanol–water partition coefficient (Wildman–Crippen LogP) is 4.87. The van der Waals surface area contributed by atoms with E-state index in [1.165, 1.54) is 23.1 Å². The molecule has 1 unspecified atom stereocenters. The van der Waals surface area contributed by atoms with E-state index in [0.717, 1.165) is 45.0 Å². The van der Waals surface area contributed by atoms with Gasteiger partial charge < -0.3 is 10.6 Å². The second kappa shape index (κ2) is 7.53. The molecule has 3 heterocycles. The molecule has 0 saturated carbocycles. The lowest BCUT2D eigenvalue weighted by molar-refractivity contribution is -0.380. The van der Waals surface area contributed by atoms with Crippen molar-refractivity contribution in [2.75, 3.05) is 17.2 Å². The average Bonchev–Trinajstić information content (AvgIpc) is 3.12. The average molecular weight is 400 g/mol. The number of nitrogens with one attached hydrogen (secondary N) is 2. The van der Waals surface area contributed by atoms with E-state index >= 15 is 0 Å². The number of nitro groups is 1. The van der Waals surface area contributed by atoms with Gasteiger partial charge >= 0.3 is 5.00 Å². The van der Waals surface area contributed by atoms with E-state index in [4.69, 9.17) is 0 Å². The molecule has 0 spiro atoms. The van der Waals surface area contributed by atoms with Crippen molar-refractivity contribution in [1.29, 1.82) is 0 Å². The maximum atomic E-state index is 10.9. The number of nitrogens with zero attached hydrogens (tertiary/aromatic N) is 3. The second-order valence-electron chi connectivity index (χ2n) is 6.08. The fourth-order valence-corrected chi connectivity index (χ4v) is 4.93. The fraction of sp³-hybridized carbons (Fsp3) is 0.222. The minimum Gasteiger partial charge on any atom is -0.377 e. The Kier molecular flexibility index (Phi) is 4.95. The molecule has 27 heavy (non-hydrogen) atoms. The Labute approximate surface area is 164 Å². The van der Waals surface area contributed by atoms with Gasteiger partial charge in [0.25, 0.3) is 0 Å². The van der Waals surface area contributed by atoms with Crippen LogP contribution in [-0.2, 0) is 0 Å². The van der Waals surface area contributed by atoms with Crippen LogP contribution in [0.25, 0.3) is 0 Å². The molecule has 0 fully saturated rings. The van der Waals surface area contributed by atoms with Crippen molar-refractivity contribution in [2.45, 2.75) is 28.5 Å². The molecule has 7 nitrogen and oxygen atoms in total. The summed E-state index contributed by atoms with van der Waals surface area (Å²) in [4.78, 5) is 20.4. The van der Waals surface area contributed by atoms with Crippen molar-refractivity contribution in [3.8, 4) is 0 Å². The van der Waals surface area contributed by atoms with Crippen molar-refractivity contribution >= 4 is 39.6 Å². The largest absolute Gasteiger partial charge is 0.377 e. The lowest BCUT2D eigenvalue weighted by atomic mass is 10.0. The Morgan fingerprint density at radius 2 is 2.19 bits per heavy atom. The molecule has 0 saturated heterocycles. The smallest absolute Gasteiger partial charge is 0.325 e. The van der Waals surface area contributed by atoms with E-state index in [-0.39, 0.29) is 16.0 Å². The SMILES string of the molecule is Cc1ncc2c(n1)NCCC2Nc1ccccc1Sc1ccc([N+](=O)[O-])s1. The number of anilines is 2. The van der Waals surface area contributed by atoms with Gasteiger partial charge in [-0.05, 0) is 31.5 Å². The summed E-state index contributed by atoms with van der Waals surface area (Å²) in [5.41, 5.74) is 2.05. The number of fused-ring (bicyclic) bond motifs is 1. The number of thiophene rings is 1. The summed E-state index contributed by atoms with van der Waals surface area (Å²) in [5.74, 6) is 1.63. The van der Waals surface area contributed by atoms with Gasteiger partial charge in [-0.25, -0.2) is 9.97 Å². The van der Waals surface area contributed by atoms with Crippen LogP contribution in [0.1, 0.15) is 23.9 Å². The highest BCUT2D eigenvalue weighted by molar-refractivity contribution is 8.01. The van der Waals surface area contributed by atoms with E-state index in [1.54, 1.807) is 12.1 Å². The van der Waals surface area contributed by atoms with Gasteiger partial charge in [-0.15, -0.1) is 0 Å². The molecule has 3 aromatic rings. The monoisotopic (exact) mass is 399 g/mol. The second-order valence-corrected chi connectivity index (χ2v) is 8.49. The van der Waals surface area contributed by atoms with Gasteiger partial charge in [-0.3, -0.25) is 10.1 Å². The number of rotatable bonds is 5. The standard InChI is InChI=1S/C18H17N5O2S2/c1-11-20-10-12-13(8-9-19-18(12)21-11)22-14-4-2-3-5-15(14)26-17-7-6-16(27-17)23(24)25/h2-7,10,13,22H,8-9H2,1H3,(H,19,20,21). The Hall–Kier alpha value is -2.65. The molecule has 0 aliphatic carbocycles. The minimum absolute atomic E-state index is 0.112. The van der Waals surface area contributed by atoms with Crippen LogP contribution in [0.4, 0.5) is 16.5 Å². The lowest BCUT2D eigenvalue weighted by Crippen LogP contribution is -2.24. The zero-order valence-electron chi connectivity index (χ0n) is 14.5. The third-order valence-electron chi connectivity index (χ3n) is 4.21. The zero-order chi connectivity index (χ0) is 18.8. The summed E-state index contributed by atoms with van der Waals surface area (Å²) in [6.45, 7) is 2.72. The number of benzene rings is 1. The molecular weight excluding hydrogens is 382 g/mol. The van der Waals surface area contributed by atoms with Crippen LogP contribution < -0.4 is 10.6 Å². The molecule has 138 valence electrons. The number of aryl methyl sites for hydroxylation is 1. The lowest BCUT2D eigenvalue weighted by Gasteiger charge is -2.28. The van der Waals surface area contributed by atoms with E-state index < -0.39 is 0 Å². The summed E-state index contributed by atoms with van der Waals surface area (Å²) in [6, 6.07) is 11.5. The van der Waals surface area contributed by atoms with Crippen LogP contribution in [-0.4, -0.2) is 21.4 Å². The Morgan fingerprint density at radius 3 is 3.00 bits per heavy atom. The van der Waals surface area contributed by atoms with E-state index in [0.29, 0.717) is 0 Å².